The summed E-state index contributed by atoms with van der Waals surface area (Å²) in [7, 11) is 0. The van der Waals surface area contributed by atoms with Crippen LogP contribution in [0, 0.1) is 0 Å². The van der Waals surface area contributed by atoms with E-state index in [0.717, 1.165) is 22.3 Å². The quantitative estimate of drug-likeness (QED) is 0.510. The van der Waals surface area contributed by atoms with Crippen molar-refractivity contribution in [3.63, 3.8) is 0 Å². The third kappa shape index (κ3) is 3.73. The molecule has 5 nitrogen and oxygen atoms in total. The number of halogens is 1. The highest BCUT2D eigenvalue weighted by molar-refractivity contribution is 6.33. The lowest BCUT2D eigenvalue weighted by atomic mass is 10.2. The molecule has 2 heterocycles. The molecule has 0 saturated carbocycles. The maximum Gasteiger partial charge on any atom is 0.274 e. The molecule has 27 heavy (non-hydrogen) atoms. The van der Waals surface area contributed by atoms with Crippen molar-refractivity contribution in [2.24, 2.45) is 0 Å². The highest BCUT2D eigenvalue weighted by Crippen LogP contribution is 2.25. The van der Waals surface area contributed by atoms with Crippen molar-refractivity contribution in [1.29, 1.82) is 0 Å². The van der Waals surface area contributed by atoms with E-state index in [-0.39, 0.29) is 5.91 Å². The lowest BCUT2D eigenvalue weighted by molar-refractivity contribution is 0.102. The number of rotatable bonds is 4. The van der Waals surface area contributed by atoms with Gasteiger partial charge in [-0.05, 0) is 36.4 Å². The Kier molecular flexibility index (Phi) is 4.68. The summed E-state index contributed by atoms with van der Waals surface area (Å²) in [6.07, 6.45) is 3.37. The van der Waals surface area contributed by atoms with Gasteiger partial charge >= 0.3 is 0 Å². The molecule has 0 aliphatic carbocycles. The second-order valence-electron chi connectivity index (χ2n) is 5.87. The van der Waals surface area contributed by atoms with Crippen molar-refractivity contribution in [2.75, 3.05) is 10.6 Å². The summed E-state index contributed by atoms with van der Waals surface area (Å²) in [6.45, 7) is 0. The van der Waals surface area contributed by atoms with Crippen molar-refractivity contribution in [3.05, 3.63) is 89.8 Å². The number of carbonyl (C=O) groups is 1. The summed E-state index contributed by atoms with van der Waals surface area (Å²) < 4.78 is 0. The van der Waals surface area contributed by atoms with Crippen LogP contribution in [0.4, 0.5) is 17.1 Å². The number of hydrogen-bond acceptors (Lipinski definition) is 4. The van der Waals surface area contributed by atoms with Gasteiger partial charge < -0.3 is 10.6 Å². The van der Waals surface area contributed by atoms with Crippen LogP contribution in [0.5, 0.6) is 0 Å². The van der Waals surface area contributed by atoms with Gasteiger partial charge in [-0.15, -0.1) is 0 Å². The minimum atomic E-state index is -0.318. The van der Waals surface area contributed by atoms with Crippen LogP contribution >= 0.6 is 11.6 Å². The van der Waals surface area contributed by atoms with Gasteiger partial charge in [-0.25, -0.2) is 4.98 Å². The molecule has 0 saturated heterocycles. The van der Waals surface area contributed by atoms with Gasteiger partial charge in [-0.2, -0.15) is 0 Å². The summed E-state index contributed by atoms with van der Waals surface area (Å²) in [5.74, 6) is -0.318. The molecule has 0 bridgehead atoms. The molecule has 4 aromatic rings. The Morgan fingerprint density at radius 2 is 1.67 bits per heavy atom. The van der Waals surface area contributed by atoms with Gasteiger partial charge in [0.1, 0.15) is 5.69 Å². The second-order valence-corrected chi connectivity index (χ2v) is 6.28. The number of fused-ring (bicyclic) bond motifs is 1. The standard InChI is InChI=1S/C21H15ClN4O/c22-16-7-1-2-8-17(16)26-21(27)19-11-10-15(13-24-19)25-18-9-3-5-14-6-4-12-23-20(14)18/h1-13,25H,(H,26,27). The zero-order valence-electron chi connectivity index (χ0n) is 14.2. The molecule has 0 fully saturated rings. The van der Waals surface area contributed by atoms with Gasteiger partial charge in [0, 0.05) is 11.6 Å². The molecule has 2 aromatic carbocycles. The first-order valence-corrected chi connectivity index (χ1v) is 8.71. The maximum absolute atomic E-state index is 12.3. The van der Waals surface area contributed by atoms with Crippen LogP contribution in [-0.2, 0) is 0 Å². The third-order valence-corrected chi connectivity index (χ3v) is 4.36. The van der Waals surface area contributed by atoms with Crippen molar-refractivity contribution in [1.82, 2.24) is 9.97 Å². The van der Waals surface area contributed by atoms with E-state index in [1.807, 2.05) is 30.3 Å². The Morgan fingerprint density at radius 3 is 2.48 bits per heavy atom. The number of aromatic nitrogens is 2. The molecule has 4 rings (SSSR count). The summed E-state index contributed by atoms with van der Waals surface area (Å²) in [5, 5.41) is 7.58. The van der Waals surface area contributed by atoms with Crippen molar-refractivity contribution in [3.8, 4) is 0 Å². The third-order valence-electron chi connectivity index (χ3n) is 4.03. The number of para-hydroxylation sites is 2. The number of benzene rings is 2. The molecule has 2 aromatic heterocycles. The fourth-order valence-electron chi connectivity index (χ4n) is 2.71. The first-order valence-electron chi connectivity index (χ1n) is 8.33. The van der Waals surface area contributed by atoms with E-state index in [4.69, 9.17) is 11.6 Å². The van der Waals surface area contributed by atoms with Gasteiger partial charge in [0.25, 0.3) is 5.91 Å². The van der Waals surface area contributed by atoms with Crippen LogP contribution in [0.25, 0.3) is 10.9 Å². The van der Waals surface area contributed by atoms with E-state index < -0.39 is 0 Å². The fourth-order valence-corrected chi connectivity index (χ4v) is 2.89. The largest absolute Gasteiger partial charge is 0.352 e. The Morgan fingerprint density at radius 1 is 0.852 bits per heavy atom. The van der Waals surface area contributed by atoms with Gasteiger partial charge in [0.2, 0.25) is 0 Å². The van der Waals surface area contributed by atoms with E-state index in [1.54, 1.807) is 48.8 Å². The maximum atomic E-state index is 12.3. The van der Waals surface area contributed by atoms with Gasteiger partial charge in [0.15, 0.2) is 0 Å². The average molecular weight is 375 g/mol. The number of hydrogen-bond donors (Lipinski definition) is 2. The second kappa shape index (κ2) is 7.43. The van der Waals surface area contributed by atoms with E-state index >= 15 is 0 Å². The van der Waals surface area contributed by atoms with Crippen molar-refractivity contribution < 1.29 is 4.79 Å². The normalized spacial score (nSPS) is 10.6. The summed E-state index contributed by atoms with van der Waals surface area (Å²) in [6, 6.07) is 20.4. The molecule has 0 unspecified atom stereocenters. The molecule has 0 atom stereocenters. The Labute approximate surface area is 161 Å². The molecule has 132 valence electrons. The predicted octanol–water partition coefficient (Wildman–Crippen LogP) is 5.28. The van der Waals surface area contributed by atoms with E-state index in [9.17, 15) is 4.79 Å². The molecular formula is C21H15ClN4O. The average Bonchev–Trinajstić information content (AvgIpc) is 2.70. The molecule has 2 N–H and O–H groups in total. The van der Waals surface area contributed by atoms with E-state index in [2.05, 4.69) is 20.6 Å². The smallest absolute Gasteiger partial charge is 0.274 e. The van der Waals surface area contributed by atoms with E-state index in [0.29, 0.717) is 16.4 Å². The zero-order valence-corrected chi connectivity index (χ0v) is 14.9. The molecular weight excluding hydrogens is 360 g/mol. The lowest BCUT2D eigenvalue weighted by Crippen LogP contribution is -2.13. The number of anilines is 3. The van der Waals surface area contributed by atoms with Crippen molar-refractivity contribution in [2.45, 2.75) is 0 Å². The molecule has 0 spiro atoms. The summed E-state index contributed by atoms with van der Waals surface area (Å²) in [4.78, 5) is 21.0. The van der Waals surface area contributed by atoms with Gasteiger partial charge in [-0.1, -0.05) is 41.9 Å². The highest BCUT2D eigenvalue weighted by atomic mass is 35.5. The summed E-state index contributed by atoms with van der Waals surface area (Å²) >= 11 is 6.07. The fraction of sp³-hybridized carbons (Fsp3) is 0. The molecule has 0 aliphatic rings. The number of carbonyl (C=O) groups excluding carboxylic acids is 1. The Balaban J connectivity index is 1.52. The minimum absolute atomic E-state index is 0.302. The van der Waals surface area contributed by atoms with Gasteiger partial charge in [-0.3, -0.25) is 9.78 Å². The van der Waals surface area contributed by atoms with Crippen LogP contribution in [0.2, 0.25) is 5.02 Å². The molecule has 0 radical (unpaired) electrons. The molecule has 1 amide bonds. The zero-order chi connectivity index (χ0) is 18.6. The number of nitrogens with zero attached hydrogens (tertiary/aromatic N) is 2. The SMILES string of the molecule is O=C(Nc1ccccc1Cl)c1ccc(Nc2cccc3cccnc23)cn1. The lowest BCUT2D eigenvalue weighted by Gasteiger charge is -2.10. The van der Waals surface area contributed by atoms with Crippen LogP contribution < -0.4 is 10.6 Å². The first kappa shape index (κ1) is 17.0. The van der Waals surface area contributed by atoms with Crippen molar-refractivity contribution >= 4 is 45.5 Å². The molecule has 6 heteroatoms. The van der Waals surface area contributed by atoms with Crippen LogP contribution in [0.3, 0.4) is 0 Å². The number of pyridine rings is 2. The Hall–Kier alpha value is -3.44. The molecule has 0 aliphatic heterocycles. The Bertz CT molecular complexity index is 1110. The van der Waals surface area contributed by atoms with E-state index in [1.165, 1.54) is 0 Å². The van der Waals surface area contributed by atoms with Crippen LogP contribution in [0.15, 0.2) is 79.1 Å². The summed E-state index contributed by atoms with van der Waals surface area (Å²) in [5.41, 5.74) is 3.37. The predicted molar refractivity (Wildman–Crippen MR) is 109 cm³/mol. The van der Waals surface area contributed by atoms with Gasteiger partial charge in [0.05, 0.1) is 33.8 Å². The minimum Gasteiger partial charge on any atom is -0.352 e. The van der Waals surface area contributed by atoms with Crippen LogP contribution in [0.1, 0.15) is 10.5 Å². The number of nitrogens with one attached hydrogen (secondary N) is 2. The monoisotopic (exact) mass is 374 g/mol. The number of amides is 1. The topological polar surface area (TPSA) is 66.9 Å². The van der Waals surface area contributed by atoms with Crippen LogP contribution in [-0.4, -0.2) is 15.9 Å². The first-order chi connectivity index (χ1) is 13.2. The highest BCUT2D eigenvalue weighted by Gasteiger charge is 2.10.